The van der Waals surface area contributed by atoms with Crippen LogP contribution in [0, 0.1) is 11.8 Å². The summed E-state index contributed by atoms with van der Waals surface area (Å²) in [5, 5.41) is 6.12. The summed E-state index contributed by atoms with van der Waals surface area (Å²) in [6.07, 6.45) is 8.22. The van der Waals surface area contributed by atoms with E-state index in [9.17, 15) is 14.4 Å². The lowest BCUT2D eigenvalue weighted by Crippen LogP contribution is -2.23. The molecular weight excluding hydrogens is 690 g/mol. The molecule has 10 nitrogen and oxygen atoms in total. The first kappa shape index (κ1) is 32.9. The minimum absolute atomic E-state index is 0.0350. The number of esters is 2. The Morgan fingerprint density at radius 2 is 1.48 bits per heavy atom. The normalized spacial score (nSPS) is 18.0. The number of fused-ring (bicyclic) bond motifs is 7. The third-order valence-electron chi connectivity index (χ3n) is 8.77. The molecule has 2 atom stereocenters. The van der Waals surface area contributed by atoms with Gasteiger partial charge in [-0.25, -0.2) is 19.9 Å². The minimum Gasteiger partial charge on any atom is -0.466 e. The van der Waals surface area contributed by atoms with Crippen LogP contribution in [0.15, 0.2) is 35.7 Å². The monoisotopic (exact) mass is 721 g/mol. The van der Waals surface area contributed by atoms with Crippen molar-refractivity contribution >= 4 is 95.0 Å². The van der Waals surface area contributed by atoms with Gasteiger partial charge in [-0.2, -0.15) is 0 Å². The van der Waals surface area contributed by atoms with Crippen molar-refractivity contribution in [1.82, 2.24) is 19.9 Å². The number of benzene rings is 1. The predicted octanol–water partition coefficient (Wildman–Crippen LogP) is 7.29. The Hall–Kier alpha value is -3.65. The first-order valence-electron chi connectivity index (χ1n) is 15.9. The maximum absolute atomic E-state index is 12.2. The lowest BCUT2D eigenvalue weighted by atomic mass is 9.88. The zero-order valence-electron chi connectivity index (χ0n) is 26.3. The average molecular weight is 722 g/mol. The molecule has 5 heterocycles. The number of nitrogens with one attached hydrogen (secondary N) is 1. The molecule has 1 N–H and O–H groups in total. The highest BCUT2D eigenvalue weighted by Crippen LogP contribution is 2.42. The van der Waals surface area contributed by atoms with Crippen LogP contribution in [0.2, 0.25) is 5.15 Å². The second kappa shape index (κ2) is 14.1. The van der Waals surface area contributed by atoms with E-state index in [4.69, 9.17) is 21.1 Å². The lowest BCUT2D eigenvalue weighted by Gasteiger charge is -2.20. The molecule has 248 valence electrons. The van der Waals surface area contributed by atoms with Gasteiger partial charge in [-0.3, -0.25) is 14.4 Å². The van der Waals surface area contributed by atoms with E-state index in [-0.39, 0.29) is 28.9 Å². The summed E-state index contributed by atoms with van der Waals surface area (Å²) in [7, 11) is 0. The number of carbonyl (C=O) groups is 3. The average Bonchev–Trinajstić information content (AvgIpc) is 3.77. The summed E-state index contributed by atoms with van der Waals surface area (Å²) < 4.78 is 10.3. The first-order chi connectivity index (χ1) is 23.3. The Morgan fingerprint density at radius 1 is 0.875 bits per heavy atom. The number of rotatable bonds is 6. The molecule has 0 bridgehead atoms. The zero-order chi connectivity index (χ0) is 33.4. The van der Waals surface area contributed by atoms with Gasteiger partial charge >= 0.3 is 11.9 Å². The van der Waals surface area contributed by atoms with Crippen molar-refractivity contribution in [3.05, 3.63) is 62.5 Å². The Kier molecular flexibility index (Phi) is 9.63. The number of ether oxygens (including phenoxy) is 2. The van der Waals surface area contributed by atoms with E-state index in [1.54, 1.807) is 29.0 Å². The van der Waals surface area contributed by atoms with Crippen molar-refractivity contribution < 1.29 is 23.9 Å². The number of aryl methyl sites for hydroxylation is 2. The lowest BCUT2D eigenvalue weighted by molar-refractivity contribution is -0.149. The number of nitrogens with zero attached hydrogens (tertiary/aromatic N) is 4. The molecule has 1 aliphatic heterocycles. The zero-order valence-corrected chi connectivity index (χ0v) is 29.5. The Bertz CT molecular complexity index is 2060. The van der Waals surface area contributed by atoms with E-state index in [0.717, 1.165) is 74.5 Å². The first-order valence-corrected chi connectivity index (χ1v) is 18.8. The van der Waals surface area contributed by atoms with Crippen molar-refractivity contribution in [2.45, 2.75) is 63.7 Å². The number of carbonyl (C=O) groups excluding carboxylic acids is 3. The third-order valence-corrected chi connectivity index (χ3v) is 12.4. The predicted molar refractivity (Wildman–Crippen MR) is 188 cm³/mol. The molecule has 0 spiro atoms. The van der Waals surface area contributed by atoms with Crippen molar-refractivity contribution in [2.75, 3.05) is 18.5 Å². The number of hydrogen-bond donors (Lipinski definition) is 1. The Labute approximate surface area is 294 Å². The van der Waals surface area contributed by atoms with E-state index < -0.39 is 0 Å². The second-order valence-electron chi connectivity index (χ2n) is 11.7. The number of aromatic nitrogens is 4. The highest BCUT2D eigenvalue weighted by atomic mass is 35.5. The van der Waals surface area contributed by atoms with Gasteiger partial charge in [-0.05, 0) is 81.2 Å². The van der Waals surface area contributed by atoms with Gasteiger partial charge in [0, 0.05) is 26.8 Å². The highest BCUT2D eigenvalue weighted by Gasteiger charge is 2.31. The molecule has 2 aliphatic carbocycles. The van der Waals surface area contributed by atoms with E-state index >= 15 is 0 Å². The molecule has 5 aromatic rings. The maximum atomic E-state index is 12.2. The minimum atomic E-state index is -0.106. The van der Waals surface area contributed by atoms with E-state index in [1.165, 1.54) is 39.0 Å². The fraction of sp³-hybridized carbons (Fsp3) is 0.382. The number of thioether (sulfide) groups is 1. The van der Waals surface area contributed by atoms with Gasteiger partial charge in [0.2, 0.25) is 0 Å². The summed E-state index contributed by atoms with van der Waals surface area (Å²) in [5.74, 6) is 0.461. The topological polar surface area (TPSA) is 133 Å². The van der Waals surface area contributed by atoms with Gasteiger partial charge in [0.15, 0.2) is 5.12 Å². The molecule has 0 fully saturated rings. The SMILES string of the molecule is CCOC(=O)C1CCc2c(sc3ncnc(Cl)c23)C1.CCOC(=O)C1CCc2c(sc3ncnc(Nc4ccc5c(c4)SC(=O)C5)c23)C1. The van der Waals surface area contributed by atoms with E-state index in [0.29, 0.717) is 31.2 Å². The van der Waals surface area contributed by atoms with Crippen LogP contribution in [0.3, 0.4) is 0 Å². The van der Waals surface area contributed by atoms with Crippen molar-refractivity contribution in [3.8, 4) is 0 Å². The molecule has 2 unspecified atom stereocenters. The molecular formula is C34H32ClN5O5S3. The molecule has 48 heavy (non-hydrogen) atoms. The third kappa shape index (κ3) is 6.52. The molecule has 8 rings (SSSR count). The number of anilines is 2. The van der Waals surface area contributed by atoms with E-state index in [2.05, 4.69) is 25.3 Å². The quantitative estimate of drug-likeness (QED) is 0.140. The summed E-state index contributed by atoms with van der Waals surface area (Å²) in [6, 6.07) is 6.00. The van der Waals surface area contributed by atoms with Gasteiger partial charge < -0.3 is 14.8 Å². The highest BCUT2D eigenvalue weighted by molar-refractivity contribution is 8.14. The van der Waals surface area contributed by atoms with Crippen LogP contribution in [0.25, 0.3) is 20.4 Å². The van der Waals surface area contributed by atoms with Gasteiger partial charge in [-0.15, -0.1) is 22.7 Å². The molecule has 4 aromatic heterocycles. The molecule has 0 saturated carbocycles. The van der Waals surface area contributed by atoms with E-state index in [1.807, 2.05) is 32.0 Å². The maximum Gasteiger partial charge on any atom is 0.309 e. The van der Waals surface area contributed by atoms with Crippen LogP contribution < -0.4 is 5.32 Å². The molecule has 14 heteroatoms. The van der Waals surface area contributed by atoms with Crippen molar-refractivity contribution in [3.63, 3.8) is 0 Å². The molecule has 0 amide bonds. The number of thiophene rings is 2. The van der Waals surface area contributed by atoms with Crippen molar-refractivity contribution in [2.24, 2.45) is 11.8 Å². The number of hydrogen-bond acceptors (Lipinski definition) is 13. The van der Waals surface area contributed by atoms with Gasteiger partial charge in [-0.1, -0.05) is 29.4 Å². The fourth-order valence-electron chi connectivity index (χ4n) is 6.52. The molecule has 0 radical (unpaired) electrons. The van der Waals surface area contributed by atoms with Gasteiger partial charge in [0.25, 0.3) is 0 Å². The standard InChI is InChI=1S/C21H19N3O3S2.C13H13ClN2O2S/c1-2-27-21(26)12-4-6-14-16(7-12)29-20-18(14)19(22-10-23-20)24-13-5-3-11-8-17(25)28-15(11)9-13;1-2-18-13(17)7-3-4-8-9(5-7)19-12-10(8)11(14)15-6-16-12/h3,5,9-10,12H,2,4,6-8H2,1H3,(H,22,23,24);6-7H,2-5H2,1H3. The summed E-state index contributed by atoms with van der Waals surface area (Å²) in [4.78, 5) is 58.2. The summed E-state index contributed by atoms with van der Waals surface area (Å²) in [6.45, 7) is 4.53. The van der Waals surface area contributed by atoms with Crippen LogP contribution in [0.4, 0.5) is 11.5 Å². The number of halogens is 1. The van der Waals surface area contributed by atoms with Gasteiger partial charge in [0.05, 0.1) is 35.8 Å². The van der Waals surface area contributed by atoms with Crippen LogP contribution in [0.5, 0.6) is 0 Å². The fourth-order valence-corrected chi connectivity index (χ4v) is 10.3. The summed E-state index contributed by atoms with van der Waals surface area (Å²) in [5.41, 5.74) is 4.44. The molecule has 0 saturated heterocycles. The largest absolute Gasteiger partial charge is 0.466 e. The van der Waals surface area contributed by atoms with Crippen LogP contribution >= 0.6 is 46.0 Å². The molecule has 1 aromatic carbocycles. The smallest absolute Gasteiger partial charge is 0.309 e. The van der Waals surface area contributed by atoms with Crippen LogP contribution in [-0.4, -0.2) is 50.2 Å². The van der Waals surface area contributed by atoms with Crippen LogP contribution in [0.1, 0.15) is 53.1 Å². The van der Waals surface area contributed by atoms with Crippen molar-refractivity contribution in [1.29, 1.82) is 0 Å². The molecule has 3 aliphatic rings. The Balaban J connectivity index is 0.000000166. The Morgan fingerprint density at radius 3 is 2.12 bits per heavy atom. The van der Waals surface area contributed by atoms with Gasteiger partial charge in [0.1, 0.15) is 33.3 Å². The second-order valence-corrected chi connectivity index (χ2v) is 15.4. The summed E-state index contributed by atoms with van der Waals surface area (Å²) >= 11 is 10.7. The van der Waals surface area contributed by atoms with Crippen LogP contribution in [-0.2, 0) is 56.0 Å².